The van der Waals surface area contributed by atoms with Crippen LogP contribution < -0.4 is 5.32 Å². The van der Waals surface area contributed by atoms with Crippen LogP contribution in [-0.4, -0.2) is 10.9 Å². The van der Waals surface area contributed by atoms with Gasteiger partial charge in [0.2, 0.25) is 5.91 Å². The standard InChI is InChI=1S/C16H13BrN2O/c1-10(20)19-13-8-11(7-12(17)9-13)14-3-2-4-16-15(14)5-6-18-16/h2-9,18H,1H3,(H,19,20). The molecule has 3 rings (SSSR count). The second-order valence-corrected chi connectivity index (χ2v) is 5.57. The van der Waals surface area contributed by atoms with Crippen molar-refractivity contribution < 1.29 is 4.79 Å². The second-order valence-electron chi connectivity index (χ2n) is 4.65. The van der Waals surface area contributed by atoms with Crippen LogP contribution in [0, 0.1) is 0 Å². The van der Waals surface area contributed by atoms with Gasteiger partial charge < -0.3 is 10.3 Å². The van der Waals surface area contributed by atoms with Gasteiger partial charge in [-0.1, -0.05) is 28.1 Å². The molecule has 0 fully saturated rings. The number of anilines is 1. The molecule has 2 N–H and O–H groups in total. The Labute approximate surface area is 125 Å². The minimum Gasteiger partial charge on any atom is -0.361 e. The van der Waals surface area contributed by atoms with Crippen LogP contribution in [0.15, 0.2) is 53.1 Å². The molecule has 0 saturated heterocycles. The van der Waals surface area contributed by atoms with E-state index >= 15 is 0 Å². The fraction of sp³-hybridized carbons (Fsp3) is 0.0625. The number of aromatic nitrogens is 1. The lowest BCUT2D eigenvalue weighted by Crippen LogP contribution is -2.05. The minimum absolute atomic E-state index is 0.0751. The number of halogens is 1. The summed E-state index contributed by atoms with van der Waals surface area (Å²) in [6.45, 7) is 1.51. The first-order valence-electron chi connectivity index (χ1n) is 6.28. The van der Waals surface area contributed by atoms with Crippen molar-refractivity contribution >= 4 is 38.4 Å². The molecule has 0 bridgehead atoms. The number of fused-ring (bicyclic) bond motifs is 1. The van der Waals surface area contributed by atoms with Crippen molar-refractivity contribution in [3.05, 3.63) is 53.1 Å². The Bertz CT molecular complexity index is 792. The van der Waals surface area contributed by atoms with Crippen LogP contribution in [0.25, 0.3) is 22.0 Å². The van der Waals surface area contributed by atoms with Crippen molar-refractivity contribution in [2.24, 2.45) is 0 Å². The summed E-state index contributed by atoms with van der Waals surface area (Å²) in [6.07, 6.45) is 1.93. The van der Waals surface area contributed by atoms with E-state index in [9.17, 15) is 4.79 Å². The van der Waals surface area contributed by atoms with Gasteiger partial charge in [0.1, 0.15) is 0 Å². The summed E-state index contributed by atoms with van der Waals surface area (Å²) in [5.74, 6) is -0.0751. The van der Waals surface area contributed by atoms with Crippen LogP contribution in [0.5, 0.6) is 0 Å². The van der Waals surface area contributed by atoms with Crippen molar-refractivity contribution in [3.63, 3.8) is 0 Å². The number of hydrogen-bond donors (Lipinski definition) is 2. The number of H-pyrrole nitrogens is 1. The summed E-state index contributed by atoms with van der Waals surface area (Å²) in [4.78, 5) is 14.4. The van der Waals surface area contributed by atoms with Crippen LogP contribution in [-0.2, 0) is 4.79 Å². The van der Waals surface area contributed by atoms with E-state index < -0.39 is 0 Å². The van der Waals surface area contributed by atoms with Crippen molar-refractivity contribution in [3.8, 4) is 11.1 Å². The SMILES string of the molecule is CC(=O)Nc1cc(Br)cc(-c2cccc3[nH]ccc23)c1. The van der Waals surface area contributed by atoms with Crippen LogP contribution in [0.4, 0.5) is 5.69 Å². The maximum absolute atomic E-state index is 11.2. The van der Waals surface area contributed by atoms with E-state index in [1.54, 1.807) is 0 Å². The Morgan fingerprint density at radius 2 is 2.05 bits per heavy atom. The molecule has 0 spiro atoms. The van der Waals surface area contributed by atoms with Gasteiger partial charge in [-0.05, 0) is 41.5 Å². The van der Waals surface area contributed by atoms with Gasteiger partial charge in [-0.3, -0.25) is 4.79 Å². The number of benzene rings is 2. The lowest BCUT2D eigenvalue weighted by atomic mass is 10.0. The molecule has 3 aromatic rings. The number of hydrogen-bond acceptors (Lipinski definition) is 1. The minimum atomic E-state index is -0.0751. The Kier molecular flexibility index (Phi) is 3.32. The average Bonchev–Trinajstić information content (AvgIpc) is 2.84. The van der Waals surface area contributed by atoms with Gasteiger partial charge in [0.05, 0.1) is 0 Å². The van der Waals surface area contributed by atoms with Crippen LogP contribution >= 0.6 is 15.9 Å². The van der Waals surface area contributed by atoms with Gasteiger partial charge in [-0.15, -0.1) is 0 Å². The summed E-state index contributed by atoms with van der Waals surface area (Å²) in [6, 6.07) is 14.1. The first-order chi connectivity index (χ1) is 9.63. The Hall–Kier alpha value is -2.07. The van der Waals surface area contributed by atoms with E-state index in [1.165, 1.54) is 12.3 Å². The monoisotopic (exact) mass is 328 g/mol. The van der Waals surface area contributed by atoms with E-state index in [0.29, 0.717) is 0 Å². The molecule has 0 radical (unpaired) electrons. The summed E-state index contributed by atoms with van der Waals surface area (Å²) in [5.41, 5.74) is 4.09. The number of rotatable bonds is 2. The van der Waals surface area contributed by atoms with Crippen molar-refractivity contribution in [1.82, 2.24) is 4.98 Å². The summed E-state index contributed by atoms with van der Waals surface area (Å²) in [7, 11) is 0. The van der Waals surface area contributed by atoms with Crippen LogP contribution in [0.2, 0.25) is 0 Å². The quantitative estimate of drug-likeness (QED) is 0.711. The second kappa shape index (κ2) is 5.13. The Morgan fingerprint density at radius 1 is 1.20 bits per heavy atom. The third-order valence-corrected chi connectivity index (χ3v) is 3.58. The molecular weight excluding hydrogens is 316 g/mol. The highest BCUT2D eigenvalue weighted by atomic mass is 79.9. The van der Waals surface area contributed by atoms with Gasteiger partial charge in [0.25, 0.3) is 0 Å². The molecule has 0 saturated carbocycles. The van der Waals surface area contributed by atoms with E-state index in [0.717, 1.165) is 26.8 Å². The molecule has 3 nitrogen and oxygen atoms in total. The molecule has 0 aliphatic heterocycles. The number of amides is 1. The first-order valence-corrected chi connectivity index (χ1v) is 7.07. The molecule has 2 aromatic carbocycles. The molecule has 0 unspecified atom stereocenters. The Morgan fingerprint density at radius 3 is 2.85 bits per heavy atom. The molecule has 0 aliphatic carbocycles. The average molecular weight is 329 g/mol. The normalized spacial score (nSPS) is 10.7. The van der Waals surface area contributed by atoms with Crippen molar-refractivity contribution in [1.29, 1.82) is 0 Å². The van der Waals surface area contributed by atoms with Crippen LogP contribution in [0.1, 0.15) is 6.92 Å². The van der Waals surface area contributed by atoms with Gasteiger partial charge in [-0.2, -0.15) is 0 Å². The fourth-order valence-electron chi connectivity index (χ4n) is 2.36. The third-order valence-electron chi connectivity index (χ3n) is 3.12. The predicted octanol–water partition coefficient (Wildman–Crippen LogP) is 4.56. The molecule has 20 heavy (non-hydrogen) atoms. The van der Waals surface area contributed by atoms with E-state index in [1.807, 2.05) is 36.5 Å². The zero-order chi connectivity index (χ0) is 14.1. The molecule has 0 aliphatic rings. The number of carbonyl (C=O) groups excluding carboxylic acids is 1. The molecule has 1 heterocycles. The smallest absolute Gasteiger partial charge is 0.221 e. The highest BCUT2D eigenvalue weighted by Crippen LogP contribution is 2.32. The maximum atomic E-state index is 11.2. The maximum Gasteiger partial charge on any atom is 0.221 e. The summed E-state index contributed by atoms with van der Waals surface area (Å²) >= 11 is 3.50. The van der Waals surface area contributed by atoms with Gasteiger partial charge in [0, 0.05) is 34.2 Å². The van der Waals surface area contributed by atoms with Gasteiger partial charge in [0.15, 0.2) is 0 Å². The van der Waals surface area contributed by atoms with Gasteiger partial charge >= 0.3 is 0 Å². The molecular formula is C16H13BrN2O. The molecule has 1 amide bonds. The number of aromatic amines is 1. The summed E-state index contributed by atoms with van der Waals surface area (Å²) in [5, 5.41) is 3.99. The first kappa shape index (κ1) is 12.9. The largest absolute Gasteiger partial charge is 0.361 e. The Balaban J connectivity index is 2.16. The predicted molar refractivity (Wildman–Crippen MR) is 85.7 cm³/mol. The molecule has 100 valence electrons. The van der Waals surface area contributed by atoms with E-state index in [2.05, 4.69) is 38.4 Å². The number of carbonyl (C=O) groups is 1. The highest BCUT2D eigenvalue weighted by Gasteiger charge is 2.07. The molecule has 4 heteroatoms. The third kappa shape index (κ3) is 2.47. The molecule has 0 atom stereocenters. The van der Waals surface area contributed by atoms with E-state index in [-0.39, 0.29) is 5.91 Å². The van der Waals surface area contributed by atoms with Gasteiger partial charge in [-0.25, -0.2) is 0 Å². The number of nitrogens with one attached hydrogen (secondary N) is 2. The van der Waals surface area contributed by atoms with Crippen molar-refractivity contribution in [2.75, 3.05) is 5.32 Å². The molecule has 1 aromatic heterocycles. The summed E-state index contributed by atoms with van der Waals surface area (Å²) < 4.78 is 0.936. The van der Waals surface area contributed by atoms with Crippen LogP contribution in [0.3, 0.4) is 0 Å². The highest BCUT2D eigenvalue weighted by molar-refractivity contribution is 9.10. The van der Waals surface area contributed by atoms with Crippen molar-refractivity contribution in [2.45, 2.75) is 6.92 Å². The van der Waals surface area contributed by atoms with E-state index in [4.69, 9.17) is 0 Å². The fourth-order valence-corrected chi connectivity index (χ4v) is 2.85. The lowest BCUT2D eigenvalue weighted by Gasteiger charge is -2.09. The zero-order valence-corrected chi connectivity index (χ0v) is 12.5. The topological polar surface area (TPSA) is 44.9 Å². The lowest BCUT2D eigenvalue weighted by molar-refractivity contribution is -0.114. The zero-order valence-electron chi connectivity index (χ0n) is 10.9.